The Bertz CT molecular complexity index is 833. The predicted octanol–water partition coefficient (Wildman–Crippen LogP) is 4.56. The quantitative estimate of drug-likeness (QED) is 0.766. The summed E-state index contributed by atoms with van der Waals surface area (Å²) in [5.74, 6) is 0.327. The molecule has 3 rings (SSSR count). The molecule has 1 amide bonds. The Labute approximate surface area is 142 Å². The zero-order chi connectivity index (χ0) is 17.1. The molecule has 0 unspecified atom stereocenters. The number of carbonyl (C=O) groups is 1. The van der Waals surface area contributed by atoms with Crippen LogP contribution in [0.2, 0.25) is 0 Å². The summed E-state index contributed by atoms with van der Waals surface area (Å²) in [5, 5.41) is 7.28. The molecule has 0 spiro atoms. The molecule has 4 nitrogen and oxygen atoms in total. The molecule has 0 aliphatic rings. The van der Waals surface area contributed by atoms with Crippen molar-refractivity contribution in [2.24, 2.45) is 0 Å². The number of hydrogen-bond acceptors (Lipinski definition) is 2. The van der Waals surface area contributed by atoms with E-state index in [-0.39, 0.29) is 5.91 Å². The van der Waals surface area contributed by atoms with Crippen molar-refractivity contribution in [2.75, 3.05) is 5.32 Å². The number of carbonyl (C=O) groups excluding carboxylic acids is 1. The van der Waals surface area contributed by atoms with Gasteiger partial charge in [0.05, 0.1) is 23.1 Å². The minimum Gasteiger partial charge on any atom is -0.322 e. The van der Waals surface area contributed by atoms with E-state index >= 15 is 0 Å². The number of para-hydroxylation sites is 1. The Morgan fingerprint density at radius 3 is 2.33 bits per heavy atom. The van der Waals surface area contributed by atoms with E-state index in [0.29, 0.717) is 11.5 Å². The smallest absolute Gasteiger partial charge is 0.259 e. The fourth-order valence-corrected chi connectivity index (χ4v) is 2.61. The maximum absolute atomic E-state index is 12.5. The molecule has 0 atom stereocenters. The molecule has 0 aliphatic carbocycles. The molecule has 4 heteroatoms. The second kappa shape index (κ2) is 6.71. The number of hydrogen-bond donors (Lipinski definition) is 1. The lowest BCUT2D eigenvalue weighted by Crippen LogP contribution is -2.13. The van der Waals surface area contributed by atoms with Crippen LogP contribution in [0.1, 0.15) is 41.4 Å². The molecular formula is C20H21N3O. The van der Waals surface area contributed by atoms with Crippen molar-refractivity contribution >= 4 is 11.6 Å². The lowest BCUT2D eigenvalue weighted by atomic mass is 10.0. The Morgan fingerprint density at radius 1 is 1.04 bits per heavy atom. The van der Waals surface area contributed by atoms with Crippen LogP contribution >= 0.6 is 0 Å². The normalized spacial score (nSPS) is 10.8. The van der Waals surface area contributed by atoms with Crippen molar-refractivity contribution in [1.29, 1.82) is 0 Å². The predicted molar refractivity (Wildman–Crippen MR) is 96.8 cm³/mol. The minimum absolute atomic E-state index is 0.146. The monoisotopic (exact) mass is 319 g/mol. The third-order valence-corrected chi connectivity index (χ3v) is 4.09. The summed E-state index contributed by atoms with van der Waals surface area (Å²) in [6.07, 6.45) is 1.61. The van der Waals surface area contributed by atoms with Gasteiger partial charge in [0.2, 0.25) is 0 Å². The molecule has 0 saturated carbocycles. The second-order valence-electron chi connectivity index (χ2n) is 6.12. The highest BCUT2D eigenvalue weighted by atomic mass is 16.1. The number of rotatable bonds is 4. The van der Waals surface area contributed by atoms with E-state index in [9.17, 15) is 4.79 Å². The van der Waals surface area contributed by atoms with Gasteiger partial charge in [-0.15, -0.1) is 0 Å². The molecular weight excluding hydrogens is 298 g/mol. The van der Waals surface area contributed by atoms with Crippen molar-refractivity contribution in [3.8, 4) is 5.69 Å². The van der Waals surface area contributed by atoms with Gasteiger partial charge in [-0.05, 0) is 42.7 Å². The summed E-state index contributed by atoms with van der Waals surface area (Å²) in [6, 6.07) is 17.7. The van der Waals surface area contributed by atoms with E-state index in [2.05, 4.69) is 24.3 Å². The van der Waals surface area contributed by atoms with Gasteiger partial charge in [-0.3, -0.25) is 4.79 Å². The van der Waals surface area contributed by atoms with Gasteiger partial charge in [0, 0.05) is 5.69 Å². The Balaban J connectivity index is 1.80. The fourth-order valence-electron chi connectivity index (χ4n) is 2.61. The van der Waals surface area contributed by atoms with Crippen LogP contribution < -0.4 is 5.32 Å². The zero-order valence-corrected chi connectivity index (χ0v) is 14.2. The summed E-state index contributed by atoms with van der Waals surface area (Å²) >= 11 is 0. The summed E-state index contributed by atoms with van der Waals surface area (Å²) in [6.45, 7) is 6.20. The lowest BCUT2D eigenvalue weighted by Gasteiger charge is -2.09. The highest BCUT2D eigenvalue weighted by Crippen LogP contribution is 2.19. The van der Waals surface area contributed by atoms with Crippen molar-refractivity contribution in [3.05, 3.63) is 77.6 Å². The largest absolute Gasteiger partial charge is 0.322 e. The maximum atomic E-state index is 12.5. The van der Waals surface area contributed by atoms with Gasteiger partial charge >= 0.3 is 0 Å². The van der Waals surface area contributed by atoms with Crippen LogP contribution in [-0.4, -0.2) is 15.7 Å². The Kier molecular flexibility index (Phi) is 4.47. The molecule has 24 heavy (non-hydrogen) atoms. The van der Waals surface area contributed by atoms with Gasteiger partial charge < -0.3 is 5.32 Å². The Hall–Kier alpha value is -2.88. The minimum atomic E-state index is -0.146. The summed E-state index contributed by atoms with van der Waals surface area (Å²) in [7, 11) is 0. The molecule has 1 heterocycles. The van der Waals surface area contributed by atoms with Crippen molar-refractivity contribution in [2.45, 2.75) is 26.7 Å². The average molecular weight is 319 g/mol. The number of aromatic nitrogens is 2. The molecule has 2 aromatic carbocycles. The highest BCUT2D eigenvalue weighted by molar-refractivity contribution is 6.05. The first kappa shape index (κ1) is 16.0. The van der Waals surface area contributed by atoms with Crippen LogP contribution in [0.5, 0.6) is 0 Å². The van der Waals surface area contributed by atoms with Crippen molar-refractivity contribution in [3.63, 3.8) is 0 Å². The second-order valence-corrected chi connectivity index (χ2v) is 6.12. The summed E-state index contributed by atoms with van der Waals surface area (Å²) in [4.78, 5) is 12.5. The van der Waals surface area contributed by atoms with Gasteiger partial charge in [0.15, 0.2) is 0 Å². The van der Waals surface area contributed by atoms with Crippen LogP contribution in [0, 0.1) is 6.92 Å². The molecule has 0 saturated heterocycles. The van der Waals surface area contributed by atoms with Gasteiger partial charge in [0.1, 0.15) is 0 Å². The van der Waals surface area contributed by atoms with Crippen LogP contribution in [0.3, 0.4) is 0 Å². The number of anilines is 1. The first-order chi connectivity index (χ1) is 11.6. The number of nitrogens with zero attached hydrogens (tertiary/aromatic N) is 2. The SMILES string of the molecule is Cc1c(C(=O)Nc2ccc(C(C)C)cc2)cnn1-c1ccccc1. The van der Waals surface area contributed by atoms with Gasteiger partial charge in [0.25, 0.3) is 5.91 Å². The van der Waals surface area contributed by atoms with Crippen LogP contribution in [0.4, 0.5) is 5.69 Å². The van der Waals surface area contributed by atoms with E-state index in [1.165, 1.54) is 5.56 Å². The third-order valence-electron chi connectivity index (χ3n) is 4.09. The number of benzene rings is 2. The first-order valence-corrected chi connectivity index (χ1v) is 8.07. The summed E-state index contributed by atoms with van der Waals surface area (Å²) in [5.41, 5.74) is 4.37. The molecule has 122 valence electrons. The van der Waals surface area contributed by atoms with Gasteiger partial charge in [-0.25, -0.2) is 4.68 Å². The van der Waals surface area contributed by atoms with Crippen molar-refractivity contribution < 1.29 is 4.79 Å². The molecule has 0 bridgehead atoms. The Morgan fingerprint density at radius 2 is 1.71 bits per heavy atom. The summed E-state index contributed by atoms with van der Waals surface area (Å²) < 4.78 is 1.77. The highest BCUT2D eigenvalue weighted by Gasteiger charge is 2.15. The van der Waals surface area contributed by atoms with E-state index < -0.39 is 0 Å². The molecule has 0 fully saturated rings. The first-order valence-electron chi connectivity index (χ1n) is 8.07. The third kappa shape index (κ3) is 3.23. The maximum Gasteiger partial charge on any atom is 0.259 e. The number of amides is 1. The van der Waals surface area contributed by atoms with Crippen LogP contribution in [0.15, 0.2) is 60.8 Å². The van der Waals surface area contributed by atoms with E-state index in [1.807, 2.05) is 61.5 Å². The molecule has 1 aromatic heterocycles. The van der Waals surface area contributed by atoms with Gasteiger partial charge in [-0.1, -0.05) is 44.2 Å². The fraction of sp³-hybridized carbons (Fsp3) is 0.200. The molecule has 0 aliphatic heterocycles. The molecule has 0 radical (unpaired) electrons. The van der Waals surface area contributed by atoms with Crippen LogP contribution in [-0.2, 0) is 0 Å². The van der Waals surface area contributed by atoms with E-state index in [0.717, 1.165) is 17.1 Å². The average Bonchev–Trinajstić information content (AvgIpc) is 2.98. The number of nitrogens with one attached hydrogen (secondary N) is 1. The van der Waals surface area contributed by atoms with Crippen molar-refractivity contribution in [1.82, 2.24) is 9.78 Å². The lowest BCUT2D eigenvalue weighted by molar-refractivity contribution is 0.102. The molecule has 3 aromatic rings. The van der Waals surface area contributed by atoms with Gasteiger partial charge in [-0.2, -0.15) is 5.10 Å². The molecule has 1 N–H and O–H groups in total. The van der Waals surface area contributed by atoms with E-state index in [1.54, 1.807) is 10.9 Å². The zero-order valence-electron chi connectivity index (χ0n) is 14.2. The standard InChI is InChI=1S/C20H21N3O/c1-14(2)16-9-11-17(12-10-16)22-20(24)19-13-21-23(15(19)3)18-7-5-4-6-8-18/h4-14H,1-3H3,(H,22,24). The van der Waals surface area contributed by atoms with Crippen LogP contribution in [0.25, 0.3) is 5.69 Å². The van der Waals surface area contributed by atoms with E-state index in [4.69, 9.17) is 0 Å². The topological polar surface area (TPSA) is 46.9 Å².